The zero-order valence-corrected chi connectivity index (χ0v) is 11.2. The van der Waals surface area contributed by atoms with E-state index in [4.69, 9.17) is 4.74 Å². The second-order valence-corrected chi connectivity index (χ2v) is 4.67. The molecule has 0 unspecified atom stereocenters. The van der Waals surface area contributed by atoms with E-state index in [0.29, 0.717) is 12.5 Å². The van der Waals surface area contributed by atoms with Crippen LogP contribution in [0.1, 0.15) is 6.92 Å². The summed E-state index contributed by atoms with van der Waals surface area (Å²) in [5, 5.41) is 4.54. The number of aromatic nitrogens is 1. The van der Waals surface area contributed by atoms with E-state index >= 15 is 0 Å². The summed E-state index contributed by atoms with van der Waals surface area (Å²) in [7, 11) is 0. The number of nitrogens with zero attached hydrogens (tertiary/aromatic N) is 2. The summed E-state index contributed by atoms with van der Waals surface area (Å²) in [6.45, 7) is 6.74. The van der Waals surface area contributed by atoms with E-state index < -0.39 is 0 Å². The average Bonchev–Trinajstić information content (AvgIpc) is 2.48. The van der Waals surface area contributed by atoms with Gasteiger partial charge in [0.15, 0.2) is 0 Å². The summed E-state index contributed by atoms with van der Waals surface area (Å²) < 4.78 is 5.51. The van der Waals surface area contributed by atoms with Gasteiger partial charge >= 0.3 is 0 Å². The van der Waals surface area contributed by atoms with Crippen molar-refractivity contribution >= 4 is 16.6 Å². The number of rotatable bonds is 3. The molecular formula is C15H19N3O. The maximum atomic E-state index is 5.51. The largest absolute Gasteiger partial charge is 0.478 e. The Balaban J connectivity index is 2.04. The van der Waals surface area contributed by atoms with Crippen molar-refractivity contribution in [3.05, 3.63) is 30.3 Å². The van der Waals surface area contributed by atoms with Gasteiger partial charge in [0, 0.05) is 37.6 Å². The number of hydrogen-bond donors (Lipinski definition) is 1. The number of hydrogen-bond acceptors (Lipinski definition) is 4. The molecule has 1 saturated heterocycles. The Morgan fingerprint density at radius 3 is 2.84 bits per heavy atom. The predicted octanol–water partition coefficient (Wildman–Crippen LogP) is 2.04. The molecule has 3 rings (SSSR count). The third kappa shape index (κ3) is 2.49. The van der Waals surface area contributed by atoms with Crippen LogP contribution >= 0.6 is 0 Å². The standard InChI is InChI=1S/C15H19N3O/c1-2-19-14-7-6-12-4-3-5-13(15(12)17-14)18-10-8-16-9-11-18/h3-7,16H,2,8-11H2,1H3. The van der Waals surface area contributed by atoms with Crippen LogP contribution in [0.5, 0.6) is 5.88 Å². The number of ether oxygens (including phenoxy) is 1. The SMILES string of the molecule is CCOc1ccc2cccc(N3CCNCC3)c2n1. The van der Waals surface area contributed by atoms with Gasteiger partial charge in [-0.1, -0.05) is 12.1 Å². The van der Waals surface area contributed by atoms with Crippen molar-refractivity contribution in [1.29, 1.82) is 0 Å². The average molecular weight is 257 g/mol. The first-order chi connectivity index (χ1) is 9.38. The lowest BCUT2D eigenvalue weighted by atomic mass is 10.1. The minimum absolute atomic E-state index is 0.647. The van der Waals surface area contributed by atoms with E-state index in [0.717, 1.165) is 31.7 Å². The van der Waals surface area contributed by atoms with Crippen molar-refractivity contribution in [2.24, 2.45) is 0 Å². The lowest BCUT2D eigenvalue weighted by molar-refractivity contribution is 0.328. The van der Waals surface area contributed by atoms with Crippen LogP contribution in [0.4, 0.5) is 5.69 Å². The first-order valence-electron chi connectivity index (χ1n) is 6.86. The van der Waals surface area contributed by atoms with Crippen LogP contribution in [-0.4, -0.2) is 37.8 Å². The van der Waals surface area contributed by atoms with Crippen LogP contribution in [0, 0.1) is 0 Å². The molecular weight excluding hydrogens is 238 g/mol. The van der Waals surface area contributed by atoms with Crippen LogP contribution in [-0.2, 0) is 0 Å². The molecule has 1 aromatic heterocycles. The normalized spacial score (nSPS) is 15.7. The molecule has 100 valence electrons. The molecule has 0 atom stereocenters. The van der Waals surface area contributed by atoms with Gasteiger partial charge in [0.2, 0.25) is 5.88 Å². The van der Waals surface area contributed by atoms with Crippen molar-refractivity contribution in [2.45, 2.75) is 6.92 Å². The summed E-state index contributed by atoms with van der Waals surface area (Å²) in [5.41, 5.74) is 2.25. The molecule has 0 bridgehead atoms. The Hall–Kier alpha value is -1.81. The van der Waals surface area contributed by atoms with Gasteiger partial charge < -0.3 is 15.0 Å². The second kappa shape index (κ2) is 5.45. The van der Waals surface area contributed by atoms with Gasteiger partial charge in [0.05, 0.1) is 17.8 Å². The van der Waals surface area contributed by atoms with Gasteiger partial charge in [-0.05, 0) is 19.1 Å². The fraction of sp³-hybridized carbons (Fsp3) is 0.400. The van der Waals surface area contributed by atoms with Gasteiger partial charge in [0.25, 0.3) is 0 Å². The Kier molecular flexibility index (Phi) is 3.51. The fourth-order valence-corrected chi connectivity index (χ4v) is 2.50. The van der Waals surface area contributed by atoms with E-state index in [9.17, 15) is 0 Å². The highest BCUT2D eigenvalue weighted by molar-refractivity contribution is 5.91. The quantitative estimate of drug-likeness (QED) is 0.913. The third-order valence-electron chi connectivity index (χ3n) is 3.42. The summed E-state index contributed by atoms with van der Waals surface area (Å²) in [5.74, 6) is 0.706. The smallest absolute Gasteiger partial charge is 0.213 e. The highest BCUT2D eigenvalue weighted by atomic mass is 16.5. The van der Waals surface area contributed by atoms with Gasteiger partial charge in [-0.2, -0.15) is 0 Å². The molecule has 0 spiro atoms. The molecule has 2 heterocycles. The first-order valence-corrected chi connectivity index (χ1v) is 6.86. The van der Waals surface area contributed by atoms with Crippen molar-refractivity contribution in [3.8, 4) is 5.88 Å². The van der Waals surface area contributed by atoms with Gasteiger partial charge in [-0.3, -0.25) is 0 Å². The highest BCUT2D eigenvalue weighted by Crippen LogP contribution is 2.27. The molecule has 0 amide bonds. The monoisotopic (exact) mass is 257 g/mol. The molecule has 1 N–H and O–H groups in total. The minimum Gasteiger partial charge on any atom is -0.478 e. The van der Waals surface area contributed by atoms with E-state index in [1.807, 2.05) is 13.0 Å². The molecule has 1 aromatic carbocycles. The lowest BCUT2D eigenvalue weighted by Gasteiger charge is -2.30. The summed E-state index contributed by atoms with van der Waals surface area (Å²) in [6, 6.07) is 10.4. The molecule has 1 fully saturated rings. The highest BCUT2D eigenvalue weighted by Gasteiger charge is 2.14. The molecule has 19 heavy (non-hydrogen) atoms. The number of anilines is 1. The number of pyridine rings is 1. The van der Waals surface area contributed by atoms with Crippen molar-refractivity contribution in [1.82, 2.24) is 10.3 Å². The Bertz CT molecular complexity index is 564. The molecule has 0 saturated carbocycles. The number of nitrogens with one attached hydrogen (secondary N) is 1. The zero-order valence-electron chi connectivity index (χ0n) is 11.2. The topological polar surface area (TPSA) is 37.4 Å². The summed E-state index contributed by atoms with van der Waals surface area (Å²) in [4.78, 5) is 7.05. The number of piperazine rings is 1. The molecule has 1 aliphatic heterocycles. The second-order valence-electron chi connectivity index (χ2n) is 4.67. The van der Waals surface area contributed by atoms with E-state index in [1.54, 1.807) is 0 Å². The van der Waals surface area contributed by atoms with E-state index in [-0.39, 0.29) is 0 Å². The van der Waals surface area contributed by atoms with Crippen LogP contribution in [0.2, 0.25) is 0 Å². The van der Waals surface area contributed by atoms with Crippen LogP contribution in [0.3, 0.4) is 0 Å². The molecule has 4 heteroatoms. The van der Waals surface area contributed by atoms with Crippen LogP contribution in [0.25, 0.3) is 10.9 Å². The minimum atomic E-state index is 0.647. The maximum absolute atomic E-state index is 5.51. The molecule has 0 radical (unpaired) electrons. The molecule has 1 aliphatic rings. The number of fused-ring (bicyclic) bond motifs is 1. The third-order valence-corrected chi connectivity index (χ3v) is 3.42. The van der Waals surface area contributed by atoms with Gasteiger partial charge in [-0.25, -0.2) is 4.98 Å². The Morgan fingerprint density at radius 2 is 2.05 bits per heavy atom. The number of para-hydroxylation sites is 1. The number of benzene rings is 1. The van der Waals surface area contributed by atoms with E-state index in [2.05, 4.69) is 39.5 Å². The van der Waals surface area contributed by atoms with Gasteiger partial charge in [-0.15, -0.1) is 0 Å². The van der Waals surface area contributed by atoms with Crippen molar-refractivity contribution in [3.63, 3.8) is 0 Å². The van der Waals surface area contributed by atoms with Crippen molar-refractivity contribution in [2.75, 3.05) is 37.7 Å². The molecule has 4 nitrogen and oxygen atoms in total. The lowest BCUT2D eigenvalue weighted by Crippen LogP contribution is -2.43. The molecule has 0 aliphatic carbocycles. The van der Waals surface area contributed by atoms with Gasteiger partial charge in [0.1, 0.15) is 0 Å². The zero-order chi connectivity index (χ0) is 13.1. The van der Waals surface area contributed by atoms with Crippen LogP contribution < -0.4 is 15.0 Å². The van der Waals surface area contributed by atoms with Crippen LogP contribution in [0.15, 0.2) is 30.3 Å². The van der Waals surface area contributed by atoms with E-state index in [1.165, 1.54) is 11.1 Å². The molecule has 2 aromatic rings. The summed E-state index contributed by atoms with van der Waals surface area (Å²) >= 11 is 0. The fourth-order valence-electron chi connectivity index (χ4n) is 2.50. The Labute approximate surface area is 113 Å². The predicted molar refractivity (Wildman–Crippen MR) is 78.0 cm³/mol. The maximum Gasteiger partial charge on any atom is 0.213 e. The Morgan fingerprint density at radius 1 is 1.21 bits per heavy atom. The first kappa shape index (κ1) is 12.2. The summed E-state index contributed by atoms with van der Waals surface area (Å²) in [6.07, 6.45) is 0. The van der Waals surface area contributed by atoms with Crippen molar-refractivity contribution < 1.29 is 4.74 Å².